The molecule has 1 aliphatic carbocycles. The summed E-state index contributed by atoms with van der Waals surface area (Å²) in [7, 11) is 1.67. The average Bonchev–Trinajstić information content (AvgIpc) is 2.96. The van der Waals surface area contributed by atoms with Gasteiger partial charge >= 0.3 is 6.18 Å². The van der Waals surface area contributed by atoms with E-state index in [1.165, 1.54) is 10.7 Å². The van der Waals surface area contributed by atoms with Gasteiger partial charge in [0, 0.05) is 18.7 Å². The molecule has 28 heavy (non-hydrogen) atoms. The summed E-state index contributed by atoms with van der Waals surface area (Å²) >= 11 is 0. The predicted molar refractivity (Wildman–Crippen MR) is 95.7 cm³/mol. The lowest BCUT2D eigenvalue weighted by molar-refractivity contribution is -0.137. The quantitative estimate of drug-likeness (QED) is 0.633. The second-order valence-electron chi connectivity index (χ2n) is 7.40. The Morgan fingerprint density at radius 2 is 1.96 bits per heavy atom. The lowest BCUT2D eigenvalue weighted by Gasteiger charge is -2.41. The fourth-order valence-electron chi connectivity index (χ4n) is 3.59. The van der Waals surface area contributed by atoms with Gasteiger partial charge in [0.2, 0.25) is 0 Å². The summed E-state index contributed by atoms with van der Waals surface area (Å²) in [6.07, 6.45) is -1.84. The number of phenols is 1. The van der Waals surface area contributed by atoms with Crippen LogP contribution >= 0.6 is 0 Å². The number of anilines is 1. The van der Waals surface area contributed by atoms with Crippen LogP contribution in [0, 0.1) is 0 Å². The zero-order chi connectivity index (χ0) is 20.3. The Morgan fingerprint density at radius 3 is 2.57 bits per heavy atom. The van der Waals surface area contributed by atoms with Gasteiger partial charge in [-0.1, -0.05) is 0 Å². The summed E-state index contributed by atoms with van der Waals surface area (Å²) in [4.78, 5) is 0. The zero-order valence-corrected chi connectivity index (χ0v) is 15.1. The first-order valence-electron chi connectivity index (χ1n) is 8.63. The molecule has 0 atom stereocenters. The molecule has 1 aliphatic rings. The monoisotopic (exact) mass is 393 g/mol. The number of hydrogen-bond acceptors (Lipinski definition) is 6. The molecule has 1 saturated carbocycles. The summed E-state index contributed by atoms with van der Waals surface area (Å²) in [5.74, 6) is -0.0684. The average molecular weight is 393 g/mol. The molecular formula is C18H18F3N5O2. The van der Waals surface area contributed by atoms with Gasteiger partial charge in [0.05, 0.1) is 28.3 Å². The van der Waals surface area contributed by atoms with E-state index in [2.05, 4.69) is 20.6 Å². The molecule has 0 saturated heterocycles. The first kappa shape index (κ1) is 18.5. The van der Waals surface area contributed by atoms with Crippen LogP contribution in [0.3, 0.4) is 0 Å². The number of aromatic nitrogens is 4. The van der Waals surface area contributed by atoms with Crippen molar-refractivity contribution in [2.45, 2.75) is 37.6 Å². The van der Waals surface area contributed by atoms with Gasteiger partial charge in [-0.3, -0.25) is 4.68 Å². The number of aliphatic hydroxyl groups is 1. The van der Waals surface area contributed by atoms with Crippen LogP contribution < -0.4 is 5.32 Å². The van der Waals surface area contributed by atoms with Crippen LogP contribution in [0.5, 0.6) is 5.75 Å². The highest BCUT2D eigenvalue weighted by Crippen LogP contribution is 2.39. The molecule has 0 radical (unpaired) electrons. The van der Waals surface area contributed by atoms with Crippen molar-refractivity contribution in [1.29, 1.82) is 0 Å². The molecule has 148 valence electrons. The van der Waals surface area contributed by atoms with Gasteiger partial charge in [0.25, 0.3) is 0 Å². The minimum absolute atomic E-state index is 0.0398. The van der Waals surface area contributed by atoms with E-state index in [9.17, 15) is 23.4 Å². The number of nitrogens with one attached hydrogen (secondary N) is 1. The summed E-state index contributed by atoms with van der Waals surface area (Å²) in [6.45, 7) is 1.76. The van der Waals surface area contributed by atoms with Gasteiger partial charge in [0.1, 0.15) is 11.4 Å². The summed E-state index contributed by atoms with van der Waals surface area (Å²) in [5.41, 5.74) is -0.762. The highest BCUT2D eigenvalue weighted by atomic mass is 19.4. The number of alkyl halides is 3. The van der Waals surface area contributed by atoms with E-state index in [-0.39, 0.29) is 17.3 Å². The normalized spacial score (nSPS) is 22.3. The molecule has 1 fully saturated rings. The van der Waals surface area contributed by atoms with E-state index in [0.29, 0.717) is 35.6 Å². The fraction of sp³-hybridized carbons (Fsp3) is 0.389. The van der Waals surface area contributed by atoms with E-state index in [0.717, 1.165) is 6.07 Å². The number of rotatable bonds is 3. The molecule has 0 unspecified atom stereocenters. The number of nitrogens with zero attached hydrogens (tertiary/aromatic N) is 4. The maximum absolute atomic E-state index is 12.9. The SMILES string of the molecule is Cn1ncc2c(NC3CC(C)(O)C3)nnc(-c3ccc(C(F)(F)F)cc3O)c21. The first-order chi connectivity index (χ1) is 13.0. The van der Waals surface area contributed by atoms with Crippen LogP contribution in [0.1, 0.15) is 25.3 Å². The molecule has 0 aliphatic heterocycles. The van der Waals surface area contributed by atoms with Crippen LogP contribution in [0.2, 0.25) is 0 Å². The van der Waals surface area contributed by atoms with Crippen molar-refractivity contribution >= 4 is 16.7 Å². The Hall–Kier alpha value is -2.88. The molecule has 2 heterocycles. The Bertz CT molecular complexity index is 1050. The van der Waals surface area contributed by atoms with Crippen LogP contribution in [-0.4, -0.2) is 41.8 Å². The highest BCUT2D eigenvalue weighted by Gasteiger charge is 2.39. The van der Waals surface area contributed by atoms with E-state index in [1.807, 2.05) is 0 Å². The third-order valence-corrected chi connectivity index (χ3v) is 4.96. The minimum atomic E-state index is -4.55. The molecule has 3 aromatic rings. The third-order valence-electron chi connectivity index (χ3n) is 4.96. The second-order valence-corrected chi connectivity index (χ2v) is 7.40. The molecule has 10 heteroatoms. The van der Waals surface area contributed by atoms with Crippen molar-refractivity contribution in [3.8, 4) is 17.0 Å². The number of aryl methyl sites for hydroxylation is 1. The van der Waals surface area contributed by atoms with Crippen LogP contribution in [0.4, 0.5) is 19.0 Å². The number of aromatic hydroxyl groups is 1. The van der Waals surface area contributed by atoms with Crippen molar-refractivity contribution in [1.82, 2.24) is 20.0 Å². The van der Waals surface area contributed by atoms with Crippen molar-refractivity contribution in [3.63, 3.8) is 0 Å². The second kappa shape index (κ2) is 6.06. The van der Waals surface area contributed by atoms with Crippen molar-refractivity contribution < 1.29 is 23.4 Å². The largest absolute Gasteiger partial charge is 0.507 e. The van der Waals surface area contributed by atoms with Gasteiger partial charge in [-0.2, -0.15) is 18.3 Å². The first-order valence-corrected chi connectivity index (χ1v) is 8.63. The number of halogens is 3. The van der Waals surface area contributed by atoms with Crippen molar-refractivity contribution in [2.24, 2.45) is 7.05 Å². The molecular weight excluding hydrogens is 375 g/mol. The van der Waals surface area contributed by atoms with Crippen LogP contribution in [0.25, 0.3) is 22.2 Å². The molecule has 7 nitrogen and oxygen atoms in total. The van der Waals surface area contributed by atoms with Crippen LogP contribution in [0.15, 0.2) is 24.4 Å². The maximum atomic E-state index is 12.9. The molecule has 0 spiro atoms. The van der Waals surface area contributed by atoms with Gasteiger partial charge in [-0.15, -0.1) is 10.2 Å². The number of phenolic OH excluding ortho intramolecular Hbond substituents is 1. The van der Waals surface area contributed by atoms with E-state index >= 15 is 0 Å². The standard InChI is InChI=1S/C18H18F3N5O2/c1-17(28)6-10(7-17)23-16-12-8-22-26(2)15(12)14(24-25-16)11-4-3-9(5-13(11)27)18(19,20)21/h3-5,8,10,27-28H,6-7H2,1-2H3,(H,23,25). The third kappa shape index (κ3) is 3.13. The topological polar surface area (TPSA) is 96.1 Å². The maximum Gasteiger partial charge on any atom is 0.416 e. The molecule has 3 N–H and O–H groups in total. The van der Waals surface area contributed by atoms with Crippen LogP contribution in [-0.2, 0) is 13.2 Å². The summed E-state index contributed by atoms with van der Waals surface area (Å²) < 4.78 is 40.1. The van der Waals surface area contributed by atoms with Gasteiger partial charge in [-0.25, -0.2) is 0 Å². The Balaban J connectivity index is 1.75. The van der Waals surface area contributed by atoms with Gasteiger partial charge in [0.15, 0.2) is 5.82 Å². The fourth-order valence-corrected chi connectivity index (χ4v) is 3.59. The smallest absolute Gasteiger partial charge is 0.416 e. The zero-order valence-electron chi connectivity index (χ0n) is 15.1. The molecule has 0 amide bonds. The van der Waals surface area contributed by atoms with Gasteiger partial charge < -0.3 is 15.5 Å². The van der Waals surface area contributed by atoms with Crippen molar-refractivity contribution in [2.75, 3.05) is 5.32 Å². The Morgan fingerprint density at radius 1 is 1.25 bits per heavy atom. The summed E-state index contributed by atoms with van der Waals surface area (Å²) in [6, 6.07) is 2.77. The molecule has 1 aromatic carbocycles. The van der Waals surface area contributed by atoms with Crippen molar-refractivity contribution in [3.05, 3.63) is 30.0 Å². The number of fused-ring (bicyclic) bond motifs is 1. The molecule has 0 bridgehead atoms. The van der Waals surface area contributed by atoms with E-state index in [1.54, 1.807) is 20.2 Å². The molecule has 2 aromatic heterocycles. The lowest BCUT2D eigenvalue weighted by Crippen LogP contribution is -2.48. The van der Waals surface area contributed by atoms with Gasteiger partial charge in [-0.05, 0) is 38.0 Å². The summed E-state index contributed by atoms with van der Waals surface area (Å²) in [5, 5.41) is 36.4. The van der Waals surface area contributed by atoms with E-state index in [4.69, 9.17) is 0 Å². The number of benzene rings is 1. The molecule has 4 rings (SSSR count). The highest BCUT2D eigenvalue weighted by molar-refractivity contribution is 5.98. The Labute approximate surface area is 157 Å². The van der Waals surface area contributed by atoms with E-state index < -0.39 is 23.1 Å². The lowest BCUT2D eigenvalue weighted by atomic mass is 9.77. The Kier molecular flexibility index (Phi) is 4.00. The minimum Gasteiger partial charge on any atom is -0.507 e. The number of hydrogen-bond donors (Lipinski definition) is 3. The predicted octanol–water partition coefficient (Wildman–Crippen LogP) is 3.08.